The van der Waals surface area contributed by atoms with Gasteiger partial charge in [0.1, 0.15) is 6.17 Å². The van der Waals surface area contributed by atoms with Gasteiger partial charge in [-0.1, -0.05) is 71.2 Å². The fourth-order valence-electron chi connectivity index (χ4n) is 2.24. The number of carbonyl (C=O) groups is 1. The Morgan fingerprint density at radius 1 is 0.962 bits per heavy atom. The number of hydrogen-bond acceptors (Lipinski definition) is 2. The van der Waals surface area contributed by atoms with E-state index in [0.717, 1.165) is 16.8 Å². The number of benzene rings is 2. The first kappa shape index (κ1) is 20.8. The lowest BCUT2D eigenvalue weighted by Gasteiger charge is -2.28. The zero-order chi connectivity index (χ0) is 19.3. The second-order valence-corrected chi connectivity index (χ2v) is 8.45. The molecule has 2 aromatic carbocycles. The van der Waals surface area contributed by atoms with Crippen LogP contribution in [0.2, 0.25) is 0 Å². The molecule has 0 aliphatic carbocycles. The van der Waals surface area contributed by atoms with Gasteiger partial charge in [0, 0.05) is 11.3 Å². The molecular formula is C18H18Cl3N3OS. The summed E-state index contributed by atoms with van der Waals surface area (Å²) in [6, 6.07) is 14.8. The summed E-state index contributed by atoms with van der Waals surface area (Å²) < 4.78 is -1.81. The number of rotatable bonds is 4. The van der Waals surface area contributed by atoms with Gasteiger partial charge in [0.15, 0.2) is 5.11 Å². The number of carbonyl (C=O) groups excluding carboxylic acids is 1. The van der Waals surface area contributed by atoms with E-state index in [0.29, 0.717) is 5.56 Å². The number of hydrogen-bond donors (Lipinski definition) is 3. The summed E-state index contributed by atoms with van der Waals surface area (Å²) in [4.78, 5) is 12.5. The van der Waals surface area contributed by atoms with Crippen molar-refractivity contribution in [3.8, 4) is 0 Å². The molecule has 3 N–H and O–H groups in total. The minimum Gasteiger partial charge on any atom is -0.339 e. The van der Waals surface area contributed by atoms with Crippen molar-refractivity contribution in [2.75, 3.05) is 5.32 Å². The summed E-state index contributed by atoms with van der Waals surface area (Å²) in [7, 11) is 0. The number of thiocarbonyl (C=S) groups is 1. The Bertz CT molecular complexity index is 808. The van der Waals surface area contributed by atoms with Crippen LogP contribution in [0.1, 0.15) is 21.5 Å². The summed E-state index contributed by atoms with van der Waals surface area (Å²) in [6.07, 6.45) is -1.02. The van der Waals surface area contributed by atoms with Crippen LogP contribution in [0.3, 0.4) is 0 Å². The van der Waals surface area contributed by atoms with Crippen LogP contribution in [0, 0.1) is 13.8 Å². The third kappa shape index (κ3) is 5.74. The molecule has 0 unspecified atom stereocenters. The van der Waals surface area contributed by atoms with Crippen molar-refractivity contribution < 1.29 is 4.79 Å². The molecule has 2 aromatic rings. The third-order valence-corrected chi connectivity index (χ3v) is 4.54. The molecule has 8 heteroatoms. The molecule has 26 heavy (non-hydrogen) atoms. The number of nitrogens with one attached hydrogen (secondary N) is 3. The molecule has 0 bridgehead atoms. The lowest BCUT2D eigenvalue weighted by molar-refractivity contribution is 0.0934. The standard InChI is InChI=1S/C18H18Cl3N3OS/c1-11-7-3-5-9-13(11)15(25)23-16(18(19,20)21)24-17(26)22-14-10-6-4-8-12(14)2/h3-10,16H,1-2H3,(H,23,25)(H2,22,24,26)/t16-/m0/s1. The Balaban J connectivity index is 2.10. The zero-order valence-corrected chi connectivity index (χ0v) is 17.2. The van der Waals surface area contributed by atoms with Gasteiger partial charge in [-0.05, 0) is 49.3 Å². The van der Waals surface area contributed by atoms with E-state index in [1.165, 1.54) is 0 Å². The minimum atomic E-state index is -1.81. The van der Waals surface area contributed by atoms with E-state index in [2.05, 4.69) is 16.0 Å². The molecule has 1 atom stereocenters. The first-order valence-corrected chi connectivity index (χ1v) is 9.29. The molecule has 0 heterocycles. The lowest BCUT2D eigenvalue weighted by Crippen LogP contribution is -2.56. The van der Waals surface area contributed by atoms with Gasteiger partial charge >= 0.3 is 0 Å². The summed E-state index contributed by atoms with van der Waals surface area (Å²) in [5.41, 5.74) is 3.13. The maximum absolute atomic E-state index is 12.5. The van der Waals surface area contributed by atoms with Crippen molar-refractivity contribution >= 4 is 63.7 Å². The van der Waals surface area contributed by atoms with E-state index in [1.54, 1.807) is 12.1 Å². The molecule has 4 nitrogen and oxygen atoms in total. The predicted molar refractivity (Wildman–Crippen MR) is 113 cm³/mol. The Labute approximate surface area is 173 Å². The van der Waals surface area contributed by atoms with E-state index < -0.39 is 9.96 Å². The predicted octanol–water partition coefficient (Wildman–Crippen LogP) is 4.72. The van der Waals surface area contributed by atoms with E-state index in [-0.39, 0.29) is 11.0 Å². The summed E-state index contributed by atoms with van der Waals surface area (Å²) in [5, 5.41) is 8.77. The Morgan fingerprint density at radius 3 is 2.12 bits per heavy atom. The Kier molecular flexibility index (Phi) is 7.12. The van der Waals surface area contributed by atoms with Crippen molar-refractivity contribution in [1.29, 1.82) is 0 Å². The lowest BCUT2D eigenvalue weighted by atomic mass is 10.1. The van der Waals surface area contributed by atoms with E-state index in [1.807, 2.05) is 50.2 Å². The maximum atomic E-state index is 12.5. The van der Waals surface area contributed by atoms with Crippen LogP contribution in [0.5, 0.6) is 0 Å². The van der Waals surface area contributed by atoms with Gasteiger partial charge in [0.05, 0.1) is 0 Å². The molecular weight excluding hydrogens is 413 g/mol. The average Bonchev–Trinajstić information content (AvgIpc) is 2.56. The normalized spacial score (nSPS) is 12.2. The van der Waals surface area contributed by atoms with Crippen LogP contribution in [-0.4, -0.2) is 21.0 Å². The third-order valence-electron chi connectivity index (χ3n) is 3.66. The summed E-state index contributed by atoms with van der Waals surface area (Å²) >= 11 is 23.3. The van der Waals surface area contributed by atoms with Crippen LogP contribution in [0.4, 0.5) is 5.69 Å². The van der Waals surface area contributed by atoms with Crippen molar-refractivity contribution in [3.63, 3.8) is 0 Å². The van der Waals surface area contributed by atoms with Crippen LogP contribution in [-0.2, 0) is 0 Å². The largest absolute Gasteiger partial charge is 0.339 e. The highest BCUT2D eigenvalue weighted by atomic mass is 35.6. The highest BCUT2D eigenvalue weighted by molar-refractivity contribution is 7.80. The fourth-order valence-corrected chi connectivity index (χ4v) is 2.79. The van der Waals surface area contributed by atoms with E-state index in [4.69, 9.17) is 47.0 Å². The van der Waals surface area contributed by atoms with E-state index in [9.17, 15) is 4.79 Å². The topological polar surface area (TPSA) is 53.2 Å². The van der Waals surface area contributed by atoms with Crippen molar-refractivity contribution in [2.24, 2.45) is 0 Å². The molecule has 0 saturated heterocycles. The molecule has 1 amide bonds. The molecule has 0 fully saturated rings. The number of halogens is 3. The maximum Gasteiger partial charge on any atom is 0.253 e. The average molecular weight is 431 g/mol. The van der Waals surface area contributed by atoms with Gasteiger partial charge in [-0.3, -0.25) is 4.79 Å². The molecule has 0 spiro atoms. The second-order valence-electron chi connectivity index (χ2n) is 5.68. The first-order chi connectivity index (χ1) is 12.2. The fraction of sp³-hybridized carbons (Fsp3) is 0.222. The Hall–Kier alpha value is -1.53. The van der Waals surface area contributed by atoms with Crippen molar-refractivity contribution in [3.05, 3.63) is 65.2 Å². The highest BCUT2D eigenvalue weighted by Crippen LogP contribution is 2.29. The molecule has 0 aromatic heterocycles. The van der Waals surface area contributed by atoms with E-state index >= 15 is 0 Å². The molecule has 0 aliphatic rings. The number of para-hydroxylation sites is 1. The number of amides is 1. The highest BCUT2D eigenvalue weighted by Gasteiger charge is 2.35. The molecule has 2 rings (SSSR count). The Morgan fingerprint density at radius 2 is 1.54 bits per heavy atom. The number of alkyl halides is 3. The van der Waals surface area contributed by atoms with Gasteiger partial charge in [0.25, 0.3) is 5.91 Å². The quantitative estimate of drug-likeness (QED) is 0.373. The number of aryl methyl sites for hydroxylation is 2. The molecule has 0 radical (unpaired) electrons. The van der Waals surface area contributed by atoms with Crippen LogP contribution < -0.4 is 16.0 Å². The second kappa shape index (κ2) is 8.91. The van der Waals surface area contributed by atoms with Gasteiger partial charge in [-0.2, -0.15) is 0 Å². The smallest absolute Gasteiger partial charge is 0.253 e. The van der Waals surface area contributed by atoms with Crippen LogP contribution in [0.15, 0.2) is 48.5 Å². The van der Waals surface area contributed by atoms with Gasteiger partial charge in [-0.15, -0.1) is 0 Å². The summed E-state index contributed by atoms with van der Waals surface area (Å²) in [6.45, 7) is 3.77. The van der Waals surface area contributed by atoms with Crippen LogP contribution >= 0.6 is 47.0 Å². The molecule has 0 aliphatic heterocycles. The minimum absolute atomic E-state index is 0.223. The first-order valence-electron chi connectivity index (χ1n) is 7.75. The monoisotopic (exact) mass is 429 g/mol. The van der Waals surface area contributed by atoms with Gasteiger partial charge in [-0.25, -0.2) is 0 Å². The van der Waals surface area contributed by atoms with Crippen molar-refractivity contribution in [1.82, 2.24) is 10.6 Å². The molecule has 138 valence electrons. The van der Waals surface area contributed by atoms with Crippen molar-refractivity contribution in [2.45, 2.75) is 23.8 Å². The number of anilines is 1. The SMILES string of the molecule is Cc1ccccc1NC(=S)N[C@H](NC(=O)c1ccccc1C)C(Cl)(Cl)Cl. The van der Waals surface area contributed by atoms with Gasteiger partial charge in [0.2, 0.25) is 3.79 Å². The van der Waals surface area contributed by atoms with Gasteiger partial charge < -0.3 is 16.0 Å². The molecule has 0 saturated carbocycles. The zero-order valence-electron chi connectivity index (χ0n) is 14.1. The van der Waals surface area contributed by atoms with Crippen LogP contribution in [0.25, 0.3) is 0 Å². The summed E-state index contributed by atoms with van der Waals surface area (Å²) in [5.74, 6) is -0.370.